The number of fused-ring (bicyclic) bond motifs is 1. The number of rotatable bonds is 6. The standard InChI is InChI=1S/C19H14Cl2N2O5/c20-14-6-5-11(9-15(14)21)22-16(24)10-28-17(25)7-8-23-18(26)12-3-1-2-4-13(12)19(23)27/h1-6,9H,7-8,10H2,(H,22,24). The first kappa shape index (κ1) is 19.9. The molecule has 28 heavy (non-hydrogen) atoms. The van der Waals surface area contributed by atoms with Crippen molar-refractivity contribution in [3.63, 3.8) is 0 Å². The minimum absolute atomic E-state index is 0.125. The number of ether oxygens (including phenoxy) is 1. The van der Waals surface area contributed by atoms with Crippen molar-refractivity contribution in [3.05, 3.63) is 63.6 Å². The second-order valence-corrected chi connectivity index (χ2v) is 6.71. The second kappa shape index (κ2) is 8.41. The van der Waals surface area contributed by atoms with E-state index >= 15 is 0 Å². The third-order valence-corrected chi connectivity index (χ3v) is 4.72. The zero-order valence-corrected chi connectivity index (χ0v) is 15.9. The normalized spacial score (nSPS) is 12.7. The molecule has 0 unspecified atom stereocenters. The van der Waals surface area contributed by atoms with Crippen molar-refractivity contribution in [2.24, 2.45) is 0 Å². The molecule has 3 amide bonds. The Morgan fingerprint density at radius 2 is 1.61 bits per heavy atom. The molecular formula is C19H14Cl2N2O5. The van der Waals surface area contributed by atoms with E-state index in [1.54, 1.807) is 30.3 Å². The largest absolute Gasteiger partial charge is 0.456 e. The summed E-state index contributed by atoms with van der Waals surface area (Å²) >= 11 is 11.6. The first-order chi connectivity index (χ1) is 13.4. The van der Waals surface area contributed by atoms with Gasteiger partial charge in [-0.25, -0.2) is 0 Å². The topological polar surface area (TPSA) is 92.8 Å². The van der Waals surface area contributed by atoms with Crippen LogP contribution >= 0.6 is 23.2 Å². The van der Waals surface area contributed by atoms with Crippen LogP contribution in [0.3, 0.4) is 0 Å². The molecule has 0 radical (unpaired) electrons. The van der Waals surface area contributed by atoms with Gasteiger partial charge in [0.15, 0.2) is 6.61 Å². The number of hydrogen-bond donors (Lipinski definition) is 1. The van der Waals surface area contributed by atoms with Gasteiger partial charge in [0.2, 0.25) is 0 Å². The molecule has 0 saturated carbocycles. The number of hydrogen-bond acceptors (Lipinski definition) is 5. The van der Waals surface area contributed by atoms with Crippen LogP contribution in [-0.2, 0) is 14.3 Å². The third-order valence-electron chi connectivity index (χ3n) is 3.99. The summed E-state index contributed by atoms with van der Waals surface area (Å²) in [5.41, 5.74) is 1.02. The van der Waals surface area contributed by atoms with E-state index in [0.29, 0.717) is 21.8 Å². The van der Waals surface area contributed by atoms with Gasteiger partial charge in [-0.3, -0.25) is 24.1 Å². The Bertz CT molecular complexity index is 942. The van der Waals surface area contributed by atoms with Gasteiger partial charge < -0.3 is 10.1 Å². The van der Waals surface area contributed by atoms with Crippen molar-refractivity contribution in [2.45, 2.75) is 6.42 Å². The summed E-state index contributed by atoms with van der Waals surface area (Å²) in [4.78, 5) is 49.1. The molecule has 0 aromatic heterocycles. The zero-order chi connectivity index (χ0) is 20.3. The highest BCUT2D eigenvalue weighted by Gasteiger charge is 2.35. The lowest BCUT2D eigenvalue weighted by Crippen LogP contribution is -2.32. The van der Waals surface area contributed by atoms with Crippen LogP contribution in [-0.4, -0.2) is 41.7 Å². The number of imide groups is 1. The number of nitrogens with zero attached hydrogens (tertiary/aromatic N) is 1. The van der Waals surface area contributed by atoms with E-state index < -0.39 is 30.3 Å². The highest BCUT2D eigenvalue weighted by molar-refractivity contribution is 6.42. The number of halogens is 2. The Hall–Kier alpha value is -2.90. The number of esters is 1. The van der Waals surface area contributed by atoms with E-state index in [-0.39, 0.29) is 18.0 Å². The van der Waals surface area contributed by atoms with Gasteiger partial charge in [0, 0.05) is 12.2 Å². The lowest BCUT2D eigenvalue weighted by molar-refractivity contribution is -0.147. The van der Waals surface area contributed by atoms with Crippen molar-refractivity contribution in [1.82, 2.24) is 4.90 Å². The highest BCUT2D eigenvalue weighted by atomic mass is 35.5. The van der Waals surface area contributed by atoms with E-state index in [1.165, 1.54) is 12.1 Å². The molecule has 0 spiro atoms. The monoisotopic (exact) mass is 420 g/mol. The summed E-state index contributed by atoms with van der Waals surface area (Å²) in [7, 11) is 0. The summed E-state index contributed by atoms with van der Waals surface area (Å²) in [6.45, 7) is -0.638. The molecule has 2 aromatic carbocycles. The van der Waals surface area contributed by atoms with Crippen molar-refractivity contribution >= 4 is 52.6 Å². The maximum atomic E-state index is 12.2. The molecule has 0 saturated heterocycles. The lowest BCUT2D eigenvalue weighted by atomic mass is 10.1. The number of carbonyl (C=O) groups is 4. The van der Waals surface area contributed by atoms with E-state index in [0.717, 1.165) is 4.90 Å². The quantitative estimate of drug-likeness (QED) is 0.572. The molecule has 9 heteroatoms. The van der Waals surface area contributed by atoms with E-state index in [2.05, 4.69) is 5.32 Å². The summed E-state index contributed by atoms with van der Waals surface area (Å²) in [5.74, 6) is -2.18. The first-order valence-electron chi connectivity index (χ1n) is 8.22. The molecule has 0 atom stereocenters. The van der Waals surface area contributed by atoms with Crippen molar-refractivity contribution in [2.75, 3.05) is 18.5 Å². The van der Waals surface area contributed by atoms with Crippen LogP contribution in [0.15, 0.2) is 42.5 Å². The number of amides is 3. The molecule has 0 aliphatic carbocycles. The van der Waals surface area contributed by atoms with Crippen molar-refractivity contribution in [1.29, 1.82) is 0 Å². The third kappa shape index (κ3) is 4.32. The van der Waals surface area contributed by atoms with Crippen molar-refractivity contribution < 1.29 is 23.9 Å². The molecule has 7 nitrogen and oxygen atoms in total. The summed E-state index contributed by atoms with van der Waals surface area (Å²) in [5, 5.41) is 3.13. The molecule has 0 bridgehead atoms. The average molecular weight is 421 g/mol. The Labute approximate surface area is 170 Å². The minimum Gasteiger partial charge on any atom is -0.456 e. The fraction of sp³-hybridized carbons (Fsp3) is 0.158. The Morgan fingerprint density at radius 3 is 2.21 bits per heavy atom. The van der Waals surface area contributed by atoms with E-state index in [9.17, 15) is 19.2 Å². The van der Waals surface area contributed by atoms with Gasteiger partial charge in [-0.2, -0.15) is 0 Å². The number of anilines is 1. The first-order valence-corrected chi connectivity index (χ1v) is 8.98. The summed E-state index contributed by atoms with van der Waals surface area (Å²) < 4.78 is 4.88. The average Bonchev–Trinajstić information content (AvgIpc) is 2.92. The fourth-order valence-corrected chi connectivity index (χ4v) is 2.93. The van der Waals surface area contributed by atoms with Gasteiger partial charge in [0.25, 0.3) is 17.7 Å². The summed E-state index contributed by atoms with van der Waals surface area (Å²) in [6.07, 6.45) is -0.217. The van der Waals surface area contributed by atoms with Crippen LogP contribution in [0, 0.1) is 0 Å². The predicted molar refractivity (Wildman–Crippen MR) is 102 cm³/mol. The Kier molecular flexibility index (Phi) is 5.96. The molecule has 1 aliphatic rings. The van der Waals surface area contributed by atoms with Crippen LogP contribution in [0.5, 0.6) is 0 Å². The van der Waals surface area contributed by atoms with Crippen LogP contribution in [0.4, 0.5) is 5.69 Å². The van der Waals surface area contributed by atoms with Gasteiger partial charge >= 0.3 is 5.97 Å². The highest BCUT2D eigenvalue weighted by Crippen LogP contribution is 2.25. The molecule has 2 aromatic rings. The molecule has 1 aliphatic heterocycles. The molecule has 144 valence electrons. The lowest BCUT2D eigenvalue weighted by Gasteiger charge is -2.13. The molecule has 1 N–H and O–H groups in total. The number of nitrogens with one attached hydrogen (secondary N) is 1. The number of benzene rings is 2. The van der Waals surface area contributed by atoms with Crippen LogP contribution < -0.4 is 5.32 Å². The molecular weight excluding hydrogens is 407 g/mol. The minimum atomic E-state index is -0.708. The second-order valence-electron chi connectivity index (χ2n) is 5.90. The van der Waals surface area contributed by atoms with Crippen molar-refractivity contribution in [3.8, 4) is 0 Å². The van der Waals surface area contributed by atoms with Gasteiger partial charge in [0.05, 0.1) is 27.6 Å². The van der Waals surface area contributed by atoms with Crippen LogP contribution in [0.25, 0.3) is 0 Å². The molecule has 3 rings (SSSR count). The fourth-order valence-electron chi connectivity index (χ4n) is 2.63. The van der Waals surface area contributed by atoms with Gasteiger partial charge in [-0.15, -0.1) is 0 Å². The molecule has 0 fully saturated rings. The summed E-state index contributed by atoms with van der Waals surface area (Å²) in [6, 6.07) is 11.0. The van der Waals surface area contributed by atoms with Gasteiger partial charge in [-0.05, 0) is 30.3 Å². The molecule has 1 heterocycles. The van der Waals surface area contributed by atoms with Crippen LogP contribution in [0.1, 0.15) is 27.1 Å². The van der Waals surface area contributed by atoms with E-state index in [4.69, 9.17) is 27.9 Å². The maximum absolute atomic E-state index is 12.2. The predicted octanol–water partition coefficient (Wildman–Crippen LogP) is 3.16. The van der Waals surface area contributed by atoms with Gasteiger partial charge in [-0.1, -0.05) is 35.3 Å². The van der Waals surface area contributed by atoms with Gasteiger partial charge in [0.1, 0.15) is 0 Å². The smallest absolute Gasteiger partial charge is 0.308 e. The van der Waals surface area contributed by atoms with Crippen LogP contribution in [0.2, 0.25) is 10.0 Å². The zero-order valence-electron chi connectivity index (χ0n) is 14.4. The SMILES string of the molecule is O=C(COC(=O)CCN1C(=O)c2ccccc2C1=O)Nc1ccc(Cl)c(Cl)c1. The number of carbonyl (C=O) groups excluding carboxylic acids is 4. The van der Waals surface area contributed by atoms with E-state index in [1.807, 2.05) is 0 Å². The Balaban J connectivity index is 1.46. The Morgan fingerprint density at radius 1 is 0.964 bits per heavy atom. The maximum Gasteiger partial charge on any atom is 0.308 e.